The van der Waals surface area contributed by atoms with Gasteiger partial charge in [-0.1, -0.05) is 5.16 Å². The molecule has 0 aliphatic heterocycles. The number of phenols is 2. The first-order valence-electron chi connectivity index (χ1n) is 15.9. The molecule has 13 nitrogen and oxygen atoms in total. The molecule has 3 N–H and O–H groups in total. The molecule has 0 spiro atoms. The molecule has 0 saturated carbocycles. The van der Waals surface area contributed by atoms with Gasteiger partial charge in [-0.3, -0.25) is 4.79 Å². The van der Waals surface area contributed by atoms with Gasteiger partial charge in [-0.15, -0.1) is 0 Å². The van der Waals surface area contributed by atoms with E-state index in [0.717, 1.165) is 27.8 Å². The standard InChI is InChI=1S/C19H21NO6.C19H20O6/c1-23-15-9-12-11(8-14(15)21)13(20-22)6-5-10-7-16(24-2)18(25-3)19(26-4)17(10)12;1-22-15-9-12-11(8-14(15)21)13(20)6-5-10-7-16(23-2)18(24-3)19(25-4)17(10)12/h7-9,21-22H,5-6H2,1-4H3;7-9,21H,5-6H2,1-4H3/b20-13+;. The predicted molar refractivity (Wildman–Crippen MR) is 189 cm³/mol. The number of hydrogen-bond acceptors (Lipinski definition) is 13. The Labute approximate surface area is 295 Å². The van der Waals surface area contributed by atoms with E-state index in [0.29, 0.717) is 88.3 Å². The molecule has 2 aliphatic rings. The molecule has 2 aliphatic carbocycles. The smallest absolute Gasteiger partial charge is 0.203 e. The first kappa shape index (κ1) is 36.3. The Hall–Kier alpha value is -5.98. The minimum Gasteiger partial charge on any atom is -0.504 e. The summed E-state index contributed by atoms with van der Waals surface area (Å²) in [6, 6.07) is 10.1. The fraction of sp³-hybridized carbons (Fsp3) is 0.316. The molecular weight excluding hydrogens is 662 g/mol. The monoisotopic (exact) mass is 703 g/mol. The molecule has 6 rings (SSSR count). The van der Waals surface area contributed by atoms with Gasteiger partial charge < -0.3 is 53.3 Å². The van der Waals surface area contributed by atoms with E-state index >= 15 is 0 Å². The molecular formula is C38H41NO12. The van der Waals surface area contributed by atoms with Gasteiger partial charge in [-0.25, -0.2) is 0 Å². The normalized spacial score (nSPS) is 13.5. The molecule has 0 bridgehead atoms. The number of benzene rings is 4. The number of phenolic OH excluding ortho intramolecular Hbond substituents is 2. The lowest BCUT2D eigenvalue weighted by Crippen LogP contribution is -2.02. The number of Topliss-reactive ketones (excluding diaryl/α,β-unsaturated/α-hetero) is 1. The van der Waals surface area contributed by atoms with Crippen LogP contribution in [0.4, 0.5) is 0 Å². The number of nitrogens with zero attached hydrogens (tertiary/aromatic N) is 1. The average Bonchev–Trinajstić information content (AvgIpc) is 3.38. The SMILES string of the molecule is COc1cc2c(cc1O)/C(=N/O)CCc1cc(OC)c(OC)c(OC)c1-2.COc1cc2c(cc1O)C(=O)CCc1cc(OC)c(OC)c(OC)c1-2. The van der Waals surface area contributed by atoms with Crippen molar-refractivity contribution in [1.29, 1.82) is 0 Å². The Balaban J connectivity index is 0.000000198. The van der Waals surface area contributed by atoms with Gasteiger partial charge >= 0.3 is 0 Å². The largest absolute Gasteiger partial charge is 0.504 e. The number of oxime groups is 1. The van der Waals surface area contributed by atoms with Crippen LogP contribution in [0.3, 0.4) is 0 Å². The molecule has 51 heavy (non-hydrogen) atoms. The third-order valence-electron chi connectivity index (χ3n) is 8.98. The topological polar surface area (TPSA) is 164 Å². The summed E-state index contributed by atoms with van der Waals surface area (Å²) in [5.74, 6) is 3.46. The van der Waals surface area contributed by atoms with Gasteiger partial charge in [0.25, 0.3) is 0 Å². The van der Waals surface area contributed by atoms with E-state index in [9.17, 15) is 20.2 Å². The lowest BCUT2D eigenvalue weighted by molar-refractivity contribution is 0.0984. The van der Waals surface area contributed by atoms with Gasteiger partial charge in [0.1, 0.15) is 0 Å². The van der Waals surface area contributed by atoms with Crippen molar-refractivity contribution in [3.8, 4) is 79.7 Å². The Bertz CT molecular complexity index is 2000. The molecule has 0 fully saturated rings. The van der Waals surface area contributed by atoms with Gasteiger partial charge in [0, 0.05) is 34.2 Å². The van der Waals surface area contributed by atoms with Crippen molar-refractivity contribution in [2.45, 2.75) is 25.7 Å². The minimum atomic E-state index is -0.0718. The number of aryl methyl sites for hydroxylation is 2. The molecule has 0 heterocycles. The second kappa shape index (κ2) is 15.3. The lowest BCUT2D eigenvalue weighted by Gasteiger charge is -2.20. The zero-order chi connectivity index (χ0) is 37.0. The highest BCUT2D eigenvalue weighted by Gasteiger charge is 2.30. The fourth-order valence-electron chi connectivity index (χ4n) is 6.62. The number of ether oxygens (including phenoxy) is 8. The first-order chi connectivity index (χ1) is 24.6. The van der Waals surface area contributed by atoms with Crippen LogP contribution in [0.25, 0.3) is 22.3 Å². The van der Waals surface area contributed by atoms with Gasteiger partial charge in [0.05, 0.1) is 62.6 Å². The second-order valence-corrected chi connectivity index (χ2v) is 11.5. The number of carbonyl (C=O) groups is 1. The molecule has 0 aromatic heterocycles. The van der Waals surface area contributed by atoms with Crippen molar-refractivity contribution < 1.29 is 58.1 Å². The molecule has 4 aromatic carbocycles. The molecule has 0 radical (unpaired) electrons. The van der Waals surface area contributed by atoms with Crippen molar-refractivity contribution >= 4 is 11.5 Å². The Morgan fingerprint density at radius 2 is 0.882 bits per heavy atom. The summed E-state index contributed by atoms with van der Waals surface area (Å²) >= 11 is 0. The second-order valence-electron chi connectivity index (χ2n) is 11.5. The average molecular weight is 704 g/mol. The molecule has 0 saturated heterocycles. The summed E-state index contributed by atoms with van der Waals surface area (Å²) in [6.07, 6.45) is 1.94. The van der Waals surface area contributed by atoms with Gasteiger partial charge in [0.2, 0.25) is 11.5 Å². The van der Waals surface area contributed by atoms with Crippen LogP contribution in [0.2, 0.25) is 0 Å². The maximum absolute atomic E-state index is 12.6. The van der Waals surface area contributed by atoms with Crippen LogP contribution >= 0.6 is 0 Å². The summed E-state index contributed by atoms with van der Waals surface area (Å²) in [6.45, 7) is 0. The van der Waals surface area contributed by atoms with Crippen LogP contribution in [0, 0.1) is 0 Å². The highest BCUT2D eigenvalue weighted by molar-refractivity contribution is 6.09. The van der Waals surface area contributed by atoms with E-state index < -0.39 is 0 Å². The molecule has 0 amide bonds. The molecule has 4 aromatic rings. The zero-order valence-electron chi connectivity index (χ0n) is 29.8. The summed E-state index contributed by atoms with van der Waals surface area (Å²) < 4.78 is 43.6. The third-order valence-corrected chi connectivity index (χ3v) is 8.98. The predicted octanol–water partition coefficient (Wildman–Crippen LogP) is 6.44. The van der Waals surface area contributed by atoms with Crippen molar-refractivity contribution in [2.75, 3.05) is 56.9 Å². The Morgan fingerprint density at radius 1 is 0.471 bits per heavy atom. The number of hydrogen-bond donors (Lipinski definition) is 3. The molecule has 0 unspecified atom stereocenters. The molecule has 13 heteroatoms. The fourth-order valence-corrected chi connectivity index (χ4v) is 6.62. The van der Waals surface area contributed by atoms with Crippen LogP contribution in [0.5, 0.6) is 57.5 Å². The number of aromatic hydroxyl groups is 2. The van der Waals surface area contributed by atoms with E-state index in [4.69, 9.17) is 37.9 Å². The van der Waals surface area contributed by atoms with E-state index in [2.05, 4.69) is 5.16 Å². The van der Waals surface area contributed by atoms with Crippen LogP contribution in [-0.2, 0) is 12.8 Å². The van der Waals surface area contributed by atoms with Crippen LogP contribution < -0.4 is 37.9 Å². The van der Waals surface area contributed by atoms with Gasteiger partial charge in [-0.05, 0) is 72.4 Å². The van der Waals surface area contributed by atoms with Crippen molar-refractivity contribution in [3.05, 3.63) is 58.7 Å². The number of fused-ring (bicyclic) bond motifs is 6. The zero-order valence-corrected chi connectivity index (χ0v) is 29.8. The number of methoxy groups -OCH3 is 8. The summed E-state index contributed by atoms with van der Waals surface area (Å²) in [7, 11) is 12.2. The maximum atomic E-state index is 12.6. The highest BCUT2D eigenvalue weighted by Crippen LogP contribution is 2.52. The van der Waals surface area contributed by atoms with Crippen molar-refractivity contribution in [2.24, 2.45) is 5.16 Å². The summed E-state index contributed by atoms with van der Waals surface area (Å²) in [5.41, 5.74) is 6.27. The lowest BCUT2D eigenvalue weighted by atomic mass is 9.94. The minimum absolute atomic E-state index is 0.0321. The van der Waals surface area contributed by atoms with E-state index in [1.807, 2.05) is 12.1 Å². The van der Waals surface area contributed by atoms with E-state index in [-0.39, 0.29) is 23.0 Å². The summed E-state index contributed by atoms with van der Waals surface area (Å²) in [5, 5.41) is 33.2. The van der Waals surface area contributed by atoms with Crippen molar-refractivity contribution in [1.82, 2.24) is 0 Å². The first-order valence-corrected chi connectivity index (χ1v) is 15.9. The maximum Gasteiger partial charge on any atom is 0.203 e. The Kier molecular flexibility index (Phi) is 10.9. The van der Waals surface area contributed by atoms with Crippen molar-refractivity contribution in [3.63, 3.8) is 0 Å². The number of rotatable bonds is 8. The van der Waals surface area contributed by atoms with Crippen LogP contribution in [0.1, 0.15) is 39.9 Å². The highest BCUT2D eigenvalue weighted by atomic mass is 16.5. The quantitative estimate of drug-likeness (QED) is 0.136. The van der Waals surface area contributed by atoms with Gasteiger partial charge in [-0.2, -0.15) is 0 Å². The van der Waals surface area contributed by atoms with Gasteiger partial charge in [0.15, 0.2) is 51.8 Å². The number of ketones is 1. The number of carbonyl (C=O) groups excluding carboxylic acids is 1. The van der Waals surface area contributed by atoms with Crippen LogP contribution in [0.15, 0.2) is 41.6 Å². The van der Waals surface area contributed by atoms with Crippen LogP contribution in [-0.4, -0.2) is 83.8 Å². The molecule has 0 atom stereocenters. The summed E-state index contributed by atoms with van der Waals surface area (Å²) in [4.78, 5) is 12.6. The van der Waals surface area contributed by atoms with E-state index in [1.54, 1.807) is 47.7 Å². The molecule has 270 valence electrons. The third kappa shape index (κ3) is 6.42. The Morgan fingerprint density at radius 3 is 1.29 bits per heavy atom. The van der Waals surface area contributed by atoms with E-state index in [1.165, 1.54) is 33.5 Å².